The van der Waals surface area contributed by atoms with E-state index in [1.807, 2.05) is 6.07 Å². The van der Waals surface area contributed by atoms with Crippen molar-refractivity contribution in [1.29, 1.82) is 5.26 Å². The van der Waals surface area contributed by atoms with Crippen molar-refractivity contribution in [3.8, 4) is 6.07 Å². The van der Waals surface area contributed by atoms with E-state index in [9.17, 15) is 9.59 Å². The maximum Gasteiger partial charge on any atom is 0.338 e. The van der Waals surface area contributed by atoms with E-state index in [0.717, 1.165) is 5.69 Å². The molecular weight excluding hydrogens is 368 g/mol. The molecule has 0 spiro atoms. The van der Waals surface area contributed by atoms with E-state index < -0.39 is 0 Å². The quantitative estimate of drug-likeness (QED) is 0.618. The minimum atomic E-state index is -0.375. The Morgan fingerprint density at radius 1 is 1.00 bits per heavy atom. The predicted octanol–water partition coefficient (Wildman–Crippen LogP) is 4.13. The van der Waals surface area contributed by atoms with Gasteiger partial charge in [-0.1, -0.05) is 6.07 Å². The number of aromatic nitrogens is 1. The number of hydrogen-bond donors (Lipinski definition) is 2. The SMILES string of the molecule is CCOC(=O)c1ccc(Nc2cncc(C(=O)Nc3cccc(C#N)c3)c2)cc1. The molecule has 0 aliphatic rings. The number of rotatable bonds is 6. The fraction of sp³-hybridized carbons (Fsp3) is 0.0909. The second kappa shape index (κ2) is 9.15. The van der Waals surface area contributed by atoms with Gasteiger partial charge in [0.25, 0.3) is 5.91 Å². The summed E-state index contributed by atoms with van der Waals surface area (Å²) in [4.78, 5) is 28.3. The smallest absolute Gasteiger partial charge is 0.338 e. The monoisotopic (exact) mass is 386 g/mol. The Bertz CT molecular complexity index is 1070. The second-order valence-electron chi connectivity index (χ2n) is 6.03. The Labute approximate surface area is 168 Å². The Kier molecular flexibility index (Phi) is 6.18. The molecule has 2 aromatic carbocycles. The van der Waals surface area contributed by atoms with E-state index in [2.05, 4.69) is 15.6 Å². The maximum absolute atomic E-state index is 12.5. The molecule has 1 heterocycles. The first kappa shape index (κ1) is 19.6. The van der Waals surface area contributed by atoms with Crippen molar-refractivity contribution < 1.29 is 14.3 Å². The van der Waals surface area contributed by atoms with Gasteiger partial charge in [-0.25, -0.2) is 4.79 Å². The molecular formula is C22H18N4O3. The average molecular weight is 386 g/mol. The van der Waals surface area contributed by atoms with Crippen molar-refractivity contribution in [3.05, 3.63) is 83.7 Å². The summed E-state index contributed by atoms with van der Waals surface area (Å²) in [7, 11) is 0. The molecule has 0 fully saturated rings. The van der Waals surface area contributed by atoms with E-state index in [0.29, 0.717) is 34.7 Å². The minimum Gasteiger partial charge on any atom is -0.462 e. The van der Waals surface area contributed by atoms with Crippen molar-refractivity contribution >= 4 is 28.9 Å². The van der Waals surface area contributed by atoms with E-state index in [-0.39, 0.29) is 11.9 Å². The third-order valence-corrected chi connectivity index (χ3v) is 3.93. The standard InChI is InChI=1S/C22H18N4O3/c1-2-29-22(28)16-6-8-18(9-7-16)25-20-11-17(13-24-14-20)21(27)26-19-5-3-4-15(10-19)12-23/h3-11,13-14,25H,2H2,1H3,(H,26,27). The summed E-state index contributed by atoms with van der Waals surface area (Å²) in [6.07, 6.45) is 3.05. The zero-order chi connectivity index (χ0) is 20.6. The zero-order valence-electron chi connectivity index (χ0n) is 15.7. The molecule has 2 N–H and O–H groups in total. The van der Waals surface area contributed by atoms with Crippen LogP contribution in [0.2, 0.25) is 0 Å². The number of ether oxygens (including phenoxy) is 1. The number of anilines is 3. The summed E-state index contributed by atoms with van der Waals surface area (Å²) in [6.45, 7) is 2.07. The van der Waals surface area contributed by atoms with Gasteiger partial charge in [-0.05, 0) is 55.5 Å². The van der Waals surface area contributed by atoms with Crippen LogP contribution in [0, 0.1) is 11.3 Å². The lowest BCUT2D eigenvalue weighted by Crippen LogP contribution is -2.12. The number of carbonyl (C=O) groups is 2. The highest BCUT2D eigenvalue weighted by Gasteiger charge is 2.09. The van der Waals surface area contributed by atoms with Gasteiger partial charge in [-0.2, -0.15) is 5.26 Å². The van der Waals surface area contributed by atoms with Gasteiger partial charge in [0.05, 0.1) is 41.3 Å². The van der Waals surface area contributed by atoms with Crippen molar-refractivity contribution in [3.63, 3.8) is 0 Å². The highest BCUT2D eigenvalue weighted by atomic mass is 16.5. The lowest BCUT2D eigenvalue weighted by atomic mass is 10.2. The van der Waals surface area contributed by atoms with Crippen LogP contribution in [0.5, 0.6) is 0 Å². The maximum atomic E-state index is 12.5. The van der Waals surface area contributed by atoms with E-state index in [1.54, 1.807) is 67.7 Å². The highest BCUT2D eigenvalue weighted by molar-refractivity contribution is 6.04. The largest absolute Gasteiger partial charge is 0.462 e. The van der Waals surface area contributed by atoms with Gasteiger partial charge in [0.2, 0.25) is 0 Å². The van der Waals surface area contributed by atoms with Gasteiger partial charge in [-0.15, -0.1) is 0 Å². The van der Waals surface area contributed by atoms with Crippen LogP contribution in [0.4, 0.5) is 17.1 Å². The molecule has 29 heavy (non-hydrogen) atoms. The highest BCUT2D eigenvalue weighted by Crippen LogP contribution is 2.19. The van der Waals surface area contributed by atoms with Gasteiger partial charge >= 0.3 is 5.97 Å². The molecule has 0 saturated heterocycles. The molecule has 3 aromatic rings. The summed E-state index contributed by atoms with van der Waals surface area (Å²) in [6, 6.07) is 17.2. The molecule has 3 rings (SSSR count). The molecule has 144 valence electrons. The summed E-state index contributed by atoms with van der Waals surface area (Å²) in [5, 5.41) is 14.8. The number of nitrogens with one attached hydrogen (secondary N) is 2. The van der Waals surface area contributed by atoms with Gasteiger partial charge in [0.15, 0.2) is 0 Å². The number of nitriles is 1. The molecule has 0 bridgehead atoms. The summed E-state index contributed by atoms with van der Waals surface area (Å²) >= 11 is 0. The molecule has 0 aliphatic heterocycles. The molecule has 0 radical (unpaired) electrons. The van der Waals surface area contributed by atoms with E-state index in [4.69, 9.17) is 10.00 Å². The molecule has 0 atom stereocenters. The van der Waals surface area contributed by atoms with Crippen LogP contribution in [0.3, 0.4) is 0 Å². The number of esters is 1. The molecule has 0 aliphatic carbocycles. The van der Waals surface area contributed by atoms with Gasteiger partial charge in [-0.3, -0.25) is 9.78 Å². The summed E-state index contributed by atoms with van der Waals surface area (Å²) in [5.41, 5.74) is 3.17. The van der Waals surface area contributed by atoms with E-state index in [1.165, 1.54) is 6.20 Å². The van der Waals surface area contributed by atoms with Crippen LogP contribution in [0.15, 0.2) is 67.0 Å². The lowest BCUT2D eigenvalue weighted by Gasteiger charge is -2.09. The number of benzene rings is 2. The van der Waals surface area contributed by atoms with Crippen molar-refractivity contribution in [2.75, 3.05) is 17.2 Å². The number of amides is 1. The van der Waals surface area contributed by atoms with Crippen LogP contribution in [0.1, 0.15) is 33.2 Å². The van der Waals surface area contributed by atoms with Gasteiger partial charge < -0.3 is 15.4 Å². The number of hydrogen-bond acceptors (Lipinski definition) is 6. The Morgan fingerprint density at radius 2 is 1.79 bits per heavy atom. The summed E-state index contributed by atoms with van der Waals surface area (Å²) in [5.74, 6) is -0.714. The molecule has 1 aromatic heterocycles. The number of carbonyl (C=O) groups excluding carboxylic acids is 2. The van der Waals surface area contributed by atoms with Crippen molar-refractivity contribution in [2.45, 2.75) is 6.92 Å². The van der Waals surface area contributed by atoms with Crippen LogP contribution >= 0.6 is 0 Å². The molecule has 7 heteroatoms. The normalized spacial score (nSPS) is 9.93. The molecule has 1 amide bonds. The second-order valence-corrected chi connectivity index (χ2v) is 6.03. The Morgan fingerprint density at radius 3 is 2.52 bits per heavy atom. The number of pyridine rings is 1. The number of nitrogens with zero attached hydrogens (tertiary/aromatic N) is 2. The average Bonchev–Trinajstić information content (AvgIpc) is 2.75. The van der Waals surface area contributed by atoms with E-state index >= 15 is 0 Å². The topological polar surface area (TPSA) is 104 Å². The van der Waals surface area contributed by atoms with Crippen LogP contribution in [0.25, 0.3) is 0 Å². The Balaban J connectivity index is 1.69. The molecule has 7 nitrogen and oxygen atoms in total. The first-order chi connectivity index (χ1) is 14.1. The van der Waals surface area contributed by atoms with Crippen molar-refractivity contribution in [1.82, 2.24) is 4.98 Å². The third kappa shape index (κ3) is 5.17. The first-order valence-corrected chi connectivity index (χ1v) is 8.90. The van der Waals surface area contributed by atoms with Crippen LogP contribution in [-0.2, 0) is 4.74 Å². The van der Waals surface area contributed by atoms with Gasteiger partial charge in [0, 0.05) is 17.6 Å². The first-order valence-electron chi connectivity index (χ1n) is 8.90. The fourth-order valence-electron chi connectivity index (χ4n) is 2.57. The van der Waals surface area contributed by atoms with Gasteiger partial charge in [0.1, 0.15) is 0 Å². The third-order valence-electron chi connectivity index (χ3n) is 3.93. The Hall–Kier alpha value is -4.18. The van der Waals surface area contributed by atoms with Crippen LogP contribution < -0.4 is 10.6 Å². The lowest BCUT2D eigenvalue weighted by molar-refractivity contribution is 0.0526. The van der Waals surface area contributed by atoms with Crippen molar-refractivity contribution in [2.24, 2.45) is 0 Å². The zero-order valence-corrected chi connectivity index (χ0v) is 15.7. The molecule has 0 saturated carbocycles. The summed E-state index contributed by atoms with van der Waals surface area (Å²) < 4.78 is 4.96. The predicted molar refractivity (Wildman–Crippen MR) is 109 cm³/mol. The minimum absolute atomic E-state index is 0.320. The van der Waals surface area contributed by atoms with Crippen LogP contribution in [-0.4, -0.2) is 23.5 Å². The molecule has 0 unspecified atom stereocenters. The fourth-order valence-corrected chi connectivity index (χ4v) is 2.57.